The van der Waals surface area contributed by atoms with Crippen molar-refractivity contribution in [1.82, 2.24) is 4.31 Å². The molecule has 1 aliphatic heterocycles. The number of carbonyl (C=O) groups is 1. The van der Waals surface area contributed by atoms with Crippen molar-refractivity contribution in [2.45, 2.75) is 44.0 Å². The SMILES string of the molecule is Cc1cc(S(=O)(=O)N2CCCC2CC(=O)O)c(C)s1. The van der Waals surface area contributed by atoms with Gasteiger partial charge in [0.1, 0.15) is 0 Å². The Morgan fingerprint density at radius 2 is 2.21 bits per heavy atom. The first kappa shape index (κ1) is 14.5. The van der Waals surface area contributed by atoms with Crippen LogP contribution < -0.4 is 0 Å². The van der Waals surface area contributed by atoms with E-state index in [2.05, 4.69) is 0 Å². The standard InChI is InChI=1S/C12H17NO4S2/c1-8-6-11(9(2)18-8)19(16,17)13-5-3-4-10(13)7-12(14)15/h6,10H,3-5,7H2,1-2H3,(H,14,15). The molecular formula is C12H17NO4S2. The van der Waals surface area contributed by atoms with E-state index in [-0.39, 0.29) is 6.42 Å². The summed E-state index contributed by atoms with van der Waals surface area (Å²) in [5.74, 6) is -0.953. The molecule has 2 rings (SSSR count). The van der Waals surface area contributed by atoms with Gasteiger partial charge in [-0.15, -0.1) is 11.3 Å². The molecule has 1 aromatic rings. The Hall–Kier alpha value is -0.920. The van der Waals surface area contributed by atoms with Crippen LogP contribution in [0.4, 0.5) is 0 Å². The van der Waals surface area contributed by atoms with Crippen LogP contribution in [0.1, 0.15) is 29.0 Å². The maximum absolute atomic E-state index is 12.6. The molecule has 1 aromatic heterocycles. The predicted molar refractivity (Wildman–Crippen MR) is 73.0 cm³/mol. The fourth-order valence-electron chi connectivity index (χ4n) is 2.52. The highest BCUT2D eigenvalue weighted by molar-refractivity contribution is 7.89. The van der Waals surface area contributed by atoms with Gasteiger partial charge in [0.2, 0.25) is 10.0 Å². The van der Waals surface area contributed by atoms with Gasteiger partial charge >= 0.3 is 5.97 Å². The molecule has 2 heterocycles. The van der Waals surface area contributed by atoms with Gasteiger partial charge in [-0.05, 0) is 32.8 Å². The zero-order valence-corrected chi connectivity index (χ0v) is 12.6. The zero-order valence-electron chi connectivity index (χ0n) is 10.9. The molecule has 0 radical (unpaired) electrons. The molecule has 0 bridgehead atoms. The van der Waals surface area contributed by atoms with Gasteiger partial charge in [0.25, 0.3) is 0 Å². The summed E-state index contributed by atoms with van der Waals surface area (Å²) in [7, 11) is -3.56. The van der Waals surface area contributed by atoms with Crippen molar-refractivity contribution in [3.05, 3.63) is 15.8 Å². The maximum Gasteiger partial charge on any atom is 0.304 e. The molecular weight excluding hydrogens is 286 g/mol. The van der Waals surface area contributed by atoms with Gasteiger partial charge in [0.05, 0.1) is 11.3 Å². The highest BCUT2D eigenvalue weighted by Gasteiger charge is 2.37. The fourth-order valence-corrected chi connectivity index (χ4v) is 5.74. The summed E-state index contributed by atoms with van der Waals surface area (Å²) in [6.45, 7) is 4.07. The molecule has 1 aliphatic rings. The first-order chi connectivity index (χ1) is 8.82. The Kier molecular flexibility index (Phi) is 3.98. The lowest BCUT2D eigenvalue weighted by molar-refractivity contribution is -0.137. The van der Waals surface area contributed by atoms with Gasteiger partial charge in [0.15, 0.2) is 0 Å². The Labute approximate surface area is 116 Å². The average Bonchev–Trinajstić information content (AvgIpc) is 2.84. The Balaban J connectivity index is 2.33. The molecule has 19 heavy (non-hydrogen) atoms. The molecule has 1 unspecified atom stereocenters. The zero-order chi connectivity index (χ0) is 14.2. The minimum absolute atomic E-state index is 0.124. The minimum atomic E-state index is -3.56. The number of nitrogens with zero attached hydrogens (tertiary/aromatic N) is 1. The molecule has 1 saturated heterocycles. The van der Waals surface area contributed by atoms with Crippen molar-refractivity contribution in [1.29, 1.82) is 0 Å². The second kappa shape index (κ2) is 5.22. The van der Waals surface area contributed by atoms with E-state index in [1.165, 1.54) is 15.6 Å². The van der Waals surface area contributed by atoms with E-state index in [1.54, 1.807) is 13.0 Å². The van der Waals surface area contributed by atoms with Crippen molar-refractivity contribution in [2.24, 2.45) is 0 Å². The van der Waals surface area contributed by atoms with Crippen molar-refractivity contribution in [2.75, 3.05) is 6.54 Å². The Morgan fingerprint density at radius 1 is 1.53 bits per heavy atom. The summed E-state index contributed by atoms with van der Waals surface area (Å²) in [6.07, 6.45) is 1.22. The molecule has 0 saturated carbocycles. The van der Waals surface area contributed by atoms with Crippen LogP contribution in [-0.2, 0) is 14.8 Å². The number of sulfonamides is 1. The van der Waals surface area contributed by atoms with E-state index in [0.717, 1.165) is 16.2 Å². The number of thiophene rings is 1. The van der Waals surface area contributed by atoms with Crippen LogP contribution in [-0.4, -0.2) is 36.4 Å². The number of carboxylic acid groups (broad SMARTS) is 1. The van der Waals surface area contributed by atoms with Gasteiger partial charge in [-0.1, -0.05) is 0 Å². The summed E-state index contributed by atoms with van der Waals surface area (Å²) in [4.78, 5) is 12.9. The minimum Gasteiger partial charge on any atom is -0.481 e. The molecule has 1 fully saturated rings. The van der Waals surface area contributed by atoms with Gasteiger partial charge < -0.3 is 5.11 Å². The summed E-state index contributed by atoms with van der Waals surface area (Å²) in [5, 5.41) is 8.87. The lowest BCUT2D eigenvalue weighted by Crippen LogP contribution is -2.36. The summed E-state index contributed by atoms with van der Waals surface area (Å²) in [6, 6.07) is 1.26. The Morgan fingerprint density at radius 3 is 2.74 bits per heavy atom. The van der Waals surface area contributed by atoms with Gasteiger partial charge in [-0.3, -0.25) is 4.79 Å². The second-order valence-electron chi connectivity index (χ2n) is 4.79. The molecule has 0 spiro atoms. The van der Waals surface area contributed by atoms with Crippen molar-refractivity contribution in [3.63, 3.8) is 0 Å². The fraction of sp³-hybridized carbons (Fsp3) is 0.583. The first-order valence-electron chi connectivity index (χ1n) is 6.13. The molecule has 0 amide bonds. The van der Waals surface area contributed by atoms with Crippen molar-refractivity contribution < 1.29 is 18.3 Å². The number of hydrogen-bond acceptors (Lipinski definition) is 4. The predicted octanol–water partition coefficient (Wildman–Crippen LogP) is 1.99. The lowest BCUT2D eigenvalue weighted by Gasteiger charge is -2.22. The van der Waals surface area contributed by atoms with Crippen LogP contribution in [0.3, 0.4) is 0 Å². The maximum atomic E-state index is 12.6. The lowest BCUT2D eigenvalue weighted by atomic mass is 10.2. The normalized spacial score (nSPS) is 20.8. The smallest absolute Gasteiger partial charge is 0.304 e. The molecule has 1 atom stereocenters. The number of aryl methyl sites for hydroxylation is 2. The van der Waals surface area contributed by atoms with Crippen LogP contribution in [0.25, 0.3) is 0 Å². The van der Waals surface area contributed by atoms with E-state index in [9.17, 15) is 13.2 Å². The largest absolute Gasteiger partial charge is 0.481 e. The van der Waals surface area contributed by atoms with E-state index in [1.807, 2.05) is 6.92 Å². The van der Waals surface area contributed by atoms with Crippen LogP contribution in [0.5, 0.6) is 0 Å². The topological polar surface area (TPSA) is 74.7 Å². The van der Waals surface area contributed by atoms with Gasteiger partial charge in [-0.25, -0.2) is 8.42 Å². The van der Waals surface area contributed by atoms with Crippen LogP contribution in [0, 0.1) is 13.8 Å². The molecule has 0 aromatic carbocycles. The third kappa shape index (κ3) is 2.82. The number of hydrogen-bond donors (Lipinski definition) is 1. The third-order valence-corrected chi connectivity index (χ3v) is 6.49. The van der Waals surface area contributed by atoms with E-state index >= 15 is 0 Å². The average molecular weight is 303 g/mol. The van der Waals surface area contributed by atoms with Crippen LogP contribution >= 0.6 is 11.3 Å². The van der Waals surface area contributed by atoms with Gasteiger partial charge in [0, 0.05) is 22.3 Å². The number of aliphatic carboxylic acids is 1. The summed E-state index contributed by atoms with van der Waals surface area (Å²) in [5.41, 5.74) is 0. The molecule has 7 heteroatoms. The highest BCUT2D eigenvalue weighted by atomic mass is 32.2. The number of carboxylic acids is 1. The van der Waals surface area contributed by atoms with Crippen molar-refractivity contribution >= 4 is 27.3 Å². The van der Waals surface area contributed by atoms with Crippen LogP contribution in [0.2, 0.25) is 0 Å². The third-order valence-electron chi connectivity index (χ3n) is 3.32. The first-order valence-corrected chi connectivity index (χ1v) is 8.38. The second-order valence-corrected chi connectivity index (χ2v) is 8.11. The molecule has 1 N–H and O–H groups in total. The van der Waals surface area contributed by atoms with E-state index in [4.69, 9.17) is 5.11 Å². The number of rotatable bonds is 4. The van der Waals surface area contributed by atoms with E-state index < -0.39 is 22.0 Å². The molecule has 106 valence electrons. The molecule has 5 nitrogen and oxygen atoms in total. The quantitative estimate of drug-likeness (QED) is 0.923. The van der Waals surface area contributed by atoms with Crippen molar-refractivity contribution in [3.8, 4) is 0 Å². The summed E-state index contributed by atoms with van der Waals surface area (Å²) >= 11 is 1.45. The monoisotopic (exact) mass is 303 g/mol. The van der Waals surface area contributed by atoms with Crippen LogP contribution in [0.15, 0.2) is 11.0 Å². The summed E-state index contributed by atoms with van der Waals surface area (Å²) < 4.78 is 26.6. The highest BCUT2D eigenvalue weighted by Crippen LogP contribution is 2.32. The van der Waals surface area contributed by atoms with E-state index in [0.29, 0.717) is 17.9 Å². The van der Waals surface area contributed by atoms with Gasteiger partial charge in [-0.2, -0.15) is 4.31 Å². The Bertz CT molecular complexity index is 591. The molecule has 0 aliphatic carbocycles.